The normalized spacial score (nSPS) is 17.1. The molecule has 1 aliphatic rings. The minimum atomic E-state index is -0.287. The lowest BCUT2D eigenvalue weighted by atomic mass is 10.1. The van der Waals surface area contributed by atoms with Gasteiger partial charge in [0.25, 0.3) is 5.91 Å². The molecule has 1 fully saturated rings. The molecule has 1 aromatic heterocycles. The molecule has 3 aromatic carbocycles. The number of aryl methyl sites for hydroxylation is 1. The number of carbonyl (C=O) groups excluding carboxylic acids is 2. The minimum Gasteiger partial charge on any atom is -0.320 e. The molecule has 2 atom stereocenters. The van der Waals surface area contributed by atoms with Crippen molar-refractivity contribution in [3.05, 3.63) is 88.2 Å². The van der Waals surface area contributed by atoms with E-state index < -0.39 is 0 Å². The Labute approximate surface area is 198 Å². The van der Waals surface area contributed by atoms with Crippen LogP contribution in [-0.2, 0) is 4.79 Å². The monoisotopic (exact) mass is 479 g/mol. The SMILES string of the molecule is Cc1cccc(Cl)c1NC(=O)c1ccc2nc(NC(=O)C3CC3c3ccc(F)cc3)sc2c1. The fourth-order valence-corrected chi connectivity index (χ4v) is 5.03. The van der Waals surface area contributed by atoms with Gasteiger partial charge in [-0.3, -0.25) is 9.59 Å². The maximum atomic E-state index is 13.1. The van der Waals surface area contributed by atoms with Gasteiger partial charge in [-0.15, -0.1) is 0 Å². The van der Waals surface area contributed by atoms with Gasteiger partial charge in [-0.2, -0.15) is 0 Å². The first-order valence-corrected chi connectivity index (χ1v) is 11.6. The van der Waals surface area contributed by atoms with E-state index >= 15 is 0 Å². The molecule has 1 saturated carbocycles. The van der Waals surface area contributed by atoms with Crippen LogP contribution in [0.1, 0.15) is 33.8 Å². The van der Waals surface area contributed by atoms with E-state index in [0.717, 1.165) is 22.2 Å². The number of carbonyl (C=O) groups is 2. The van der Waals surface area contributed by atoms with Gasteiger partial charge in [-0.25, -0.2) is 9.37 Å². The number of hydrogen-bond donors (Lipinski definition) is 2. The van der Waals surface area contributed by atoms with E-state index in [1.165, 1.54) is 23.5 Å². The summed E-state index contributed by atoms with van der Waals surface area (Å²) in [7, 11) is 0. The summed E-state index contributed by atoms with van der Waals surface area (Å²) in [6, 6.07) is 16.9. The molecule has 8 heteroatoms. The van der Waals surface area contributed by atoms with Gasteiger partial charge in [-0.05, 0) is 66.8 Å². The van der Waals surface area contributed by atoms with Crippen molar-refractivity contribution in [2.75, 3.05) is 10.6 Å². The van der Waals surface area contributed by atoms with Gasteiger partial charge < -0.3 is 10.6 Å². The maximum absolute atomic E-state index is 13.1. The van der Waals surface area contributed by atoms with E-state index in [1.54, 1.807) is 36.4 Å². The average molecular weight is 480 g/mol. The molecule has 166 valence electrons. The van der Waals surface area contributed by atoms with E-state index in [4.69, 9.17) is 11.6 Å². The first-order valence-electron chi connectivity index (χ1n) is 10.4. The van der Waals surface area contributed by atoms with Gasteiger partial charge in [-0.1, -0.05) is 47.2 Å². The van der Waals surface area contributed by atoms with Crippen molar-refractivity contribution in [1.82, 2.24) is 4.98 Å². The van der Waals surface area contributed by atoms with Gasteiger partial charge in [0, 0.05) is 11.5 Å². The van der Waals surface area contributed by atoms with Gasteiger partial charge in [0.15, 0.2) is 5.13 Å². The molecule has 1 aliphatic carbocycles. The number of aromatic nitrogens is 1. The quantitative estimate of drug-likeness (QED) is 0.348. The van der Waals surface area contributed by atoms with Gasteiger partial charge >= 0.3 is 0 Å². The lowest BCUT2D eigenvalue weighted by Crippen LogP contribution is -2.14. The largest absolute Gasteiger partial charge is 0.320 e. The molecule has 0 spiro atoms. The van der Waals surface area contributed by atoms with Crippen LogP contribution in [0.15, 0.2) is 60.7 Å². The molecule has 0 bridgehead atoms. The zero-order chi connectivity index (χ0) is 23.1. The number of fused-ring (bicyclic) bond motifs is 1. The third kappa shape index (κ3) is 4.47. The van der Waals surface area contributed by atoms with Crippen LogP contribution in [0.25, 0.3) is 10.2 Å². The maximum Gasteiger partial charge on any atom is 0.255 e. The Hall–Kier alpha value is -3.29. The summed E-state index contributed by atoms with van der Waals surface area (Å²) < 4.78 is 13.9. The Morgan fingerprint density at radius 3 is 2.64 bits per heavy atom. The molecule has 0 saturated heterocycles. The molecule has 2 amide bonds. The molecule has 1 heterocycles. The summed E-state index contributed by atoms with van der Waals surface area (Å²) in [5.41, 5.74) is 3.60. The van der Waals surface area contributed by atoms with Gasteiger partial charge in [0.05, 0.1) is 20.9 Å². The fourth-order valence-electron chi connectivity index (χ4n) is 3.86. The van der Waals surface area contributed by atoms with Gasteiger partial charge in [0.1, 0.15) is 5.82 Å². The van der Waals surface area contributed by atoms with Crippen LogP contribution < -0.4 is 10.6 Å². The van der Waals surface area contributed by atoms with Crippen LogP contribution in [-0.4, -0.2) is 16.8 Å². The Morgan fingerprint density at radius 2 is 1.88 bits per heavy atom. The Balaban J connectivity index is 1.28. The third-order valence-electron chi connectivity index (χ3n) is 5.77. The van der Waals surface area contributed by atoms with E-state index in [9.17, 15) is 14.0 Å². The van der Waals surface area contributed by atoms with Crippen molar-refractivity contribution in [2.45, 2.75) is 19.3 Å². The van der Waals surface area contributed by atoms with Crippen molar-refractivity contribution >= 4 is 55.8 Å². The van der Waals surface area contributed by atoms with E-state index in [0.29, 0.717) is 26.9 Å². The molecule has 0 aliphatic heterocycles. The molecule has 0 radical (unpaired) electrons. The summed E-state index contributed by atoms with van der Waals surface area (Å²) in [6.07, 6.45) is 0.730. The van der Waals surface area contributed by atoms with Crippen molar-refractivity contribution < 1.29 is 14.0 Å². The van der Waals surface area contributed by atoms with Gasteiger partial charge in [0.2, 0.25) is 5.91 Å². The first-order chi connectivity index (χ1) is 15.9. The fraction of sp³-hybridized carbons (Fsp3) is 0.160. The summed E-state index contributed by atoms with van der Waals surface area (Å²) in [4.78, 5) is 29.9. The number of nitrogens with one attached hydrogen (secondary N) is 2. The van der Waals surface area contributed by atoms with E-state index in [1.807, 2.05) is 19.1 Å². The Morgan fingerprint density at radius 1 is 1.09 bits per heavy atom. The van der Waals surface area contributed by atoms with Crippen molar-refractivity contribution in [3.8, 4) is 0 Å². The minimum absolute atomic E-state index is 0.101. The standard InChI is InChI=1S/C25H19ClFN3O2S/c1-13-3-2-4-19(26)22(13)29-23(31)15-7-10-20-21(11-15)33-25(28-20)30-24(32)18-12-17(18)14-5-8-16(27)9-6-14/h2-11,17-18H,12H2,1H3,(H,29,31)(H,28,30,32). The summed E-state index contributed by atoms with van der Waals surface area (Å²) in [6.45, 7) is 1.88. The second-order valence-corrected chi connectivity index (χ2v) is 9.51. The number of halogens is 2. The van der Waals surface area contributed by atoms with Crippen LogP contribution in [0.4, 0.5) is 15.2 Å². The number of para-hydroxylation sites is 1. The lowest BCUT2D eigenvalue weighted by Gasteiger charge is -2.10. The highest BCUT2D eigenvalue weighted by Crippen LogP contribution is 2.48. The highest BCUT2D eigenvalue weighted by molar-refractivity contribution is 7.22. The number of thiazole rings is 1. The highest BCUT2D eigenvalue weighted by Gasteiger charge is 2.44. The van der Waals surface area contributed by atoms with E-state index in [-0.39, 0.29) is 29.5 Å². The zero-order valence-electron chi connectivity index (χ0n) is 17.6. The average Bonchev–Trinajstić information content (AvgIpc) is 3.49. The first kappa shape index (κ1) is 21.6. The second-order valence-electron chi connectivity index (χ2n) is 8.08. The van der Waals surface area contributed by atoms with E-state index in [2.05, 4.69) is 15.6 Å². The molecule has 2 unspecified atom stereocenters. The molecule has 4 aromatic rings. The molecule has 2 N–H and O–H groups in total. The van der Waals surface area contributed by atoms with Crippen LogP contribution in [0.5, 0.6) is 0 Å². The number of anilines is 2. The summed E-state index contributed by atoms with van der Waals surface area (Å²) in [5.74, 6) is -0.709. The summed E-state index contributed by atoms with van der Waals surface area (Å²) in [5, 5.41) is 6.71. The Bertz CT molecular complexity index is 1370. The third-order valence-corrected chi connectivity index (χ3v) is 7.02. The predicted octanol–water partition coefficient (Wildman–Crippen LogP) is 6.39. The topological polar surface area (TPSA) is 71.1 Å². The number of amides is 2. The molecular formula is C25H19ClFN3O2S. The molecule has 33 heavy (non-hydrogen) atoms. The van der Waals surface area contributed by atoms with Crippen LogP contribution in [0.3, 0.4) is 0 Å². The lowest BCUT2D eigenvalue weighted by molar-refractivity contribution is -0.117. The Kier molecular flexibility index (Phi) is 5.60. The number of hydrogen-bond acceptors (Lipinski definition) is 4. The van der Waals surface area contributed by atoms with Crippen molar-refractivity contribution in [2.24, 2.45) is 5.92 Å². The van der Waals surface area contributed by atoms with Crippen LogP contribution in [0.2, 0.25) is 5.02 Å². The number of nitrogens with zero attached hydrogens (tertiary/aromatic N) is 1. The second kappa shape index (κ2) is 8.57. The van der Waals surface area contributed by atoms with Crippen LogP contribution in [0, 0.1) is 18.7 Å². The van der Waals surface area contributed by atoms with Crippen LogP contribution >= 0.6 is 22.9 Å². The smallest absolute Gasteiger partial charge is 0.255 e. The predicted molar refractivity (Wildman–Crippen MR) is 130 cm³/mol. The van der Waals surface area contributed by atoms with Crippen molar-refractivity contribution in [3.63, 3.8) is 0 Å². The molecule has 5 rings (SSSR count). The highest BCUT2D eigenvalue weighted by atomic mass is 35.5. The molecule has 5 nitrogen and oxygen atoms in total. The number of benzene rings is 3. The van der Waals surface area contributed by atoms with Crippen molar-refractivity contribution in [1.29, 1.82) is 0 Å². The number of rotatable bonds is 5. The molecular weight excluding hydrogens is 461 g/mol. The zero-order valence-corrected chi connectivity index (χ0v) is 19.1. The summed E-state index contributed by atoms with van der Waals surface area (Å²) >= 11 is 7.53.